The fourth-order valence-electron chi connectivity index (χ4n) is 2.85. The van der Waals surface area contributed by atoms with Crippen LogP contribution >= 0.6 is 15.9 Å². The van der Waals surface area contributed by atoms with Gasteiger partial charge in [0.25, 0.3) is 5.91 Å². The van der Waals surface area contributed by atoms with Crippen LogP contribution in [0.15, 0.2) is 50.9 Å². The number of carbonyl (C=O) groups excluding carboxylic acids is 2. The van der Waals surface area contributed by atoms with E-state index in [4.69, 9.17) is 9.47 Å². The largest absolute Gasteiger partial charge is 0.490 e. The zero-order valence-electron chi connectivity index (χ0n) is 19.6. The summed E-state index contributed by atoms with van der Waals surface area (Å²) in [5.74, 6) is -0.880. The normalized spacial score (nSPS) is 12.6. The molecular formula is C23H28BrN3O6S. The molecule has 2 aromatic carbocycles. The summed E-state index contributed by atoms with van der Waals surface area (Å²) in [6.45, 7) is 8.72. The van der Waals surface area contributed by atoms with Gasteiger partial charge in [0, 0.05) is 6.92 Å². The lowest BCUT2D eigenvalue weighted by atomic mass is 10.1. The monoisotopic (exact) mass is 553 g/mol. The smallest absolute Gasteiger partial charge is 0.308 e. The van der Waals surface area contributed by atoms with Crippen molar-refractivity contribution < 1.29 is 27.5 Å². The van der Waals surface area contributed by atoms with Gasteiger partial charge in [0.2, 0.25) is 10.0 Å². The third kappa shape index (κ3) is 7.64. The molecule has 184 valence electrons. The summed E-state index contributed by atoms with van der Waals surface area (Å²) in [6, 6.07) is 8.53. The summed E-state index contributed by atoms with van der Waals surface area (Å²) >= 11 is 3.34. The number of nitrogens with zero attached hydrogens (tertiary/aromatic N) is 1. The second-order valence-corrected chi connectivity index (χ2v) is 10.3. The van der Waals surface area contributed by atoms with Crippen molar-refractivity contribution in [3.05, 3.63) is 52.0 Å². The molecular weight excluding hydrogens is 526 g/mol. The van der Waals surface area contributed by atoms with E-state index in [2.05, 4.69) is 31.2 Å². The van der Waals surface area contributed by atoms with Crippen LogP contribution in [-0.4, -0.2) is 39.2 Å². The number of esters is 1. The van der Waals surface area contributed by atoms with Crippen molar-refractivity contribution >= 4 is 44.0 Å². The number of hydrogen-bond donors (Lipinski definition) is 2. The zero-order valence-corrected chi connectivity index (χ0v) is 22.0. The van der Waals surface area contributed by atoms with Crippen LogP contribution in [0.25, 0.3) is 0 Å². The van der Waals surface area contributed by atoms with Gasteiger partial charge in [0.15, 0.2) is 11.5 Å². The number of hydrazone groups is 1. The lowest BCUT2D eigenvalue weighted by molar-refractivity contribution is -0.132. The number of ether oxygens (including phenoxy) is 2. The van der Waals surface area contributed by atoms with Gasteiger partial charge >= 0.3 is 5.97 Å². The summed E-state index contributed by atoms with van der Waals surface area (Å²) in [7, 11) is -3.90. The Morgan fingerprint density at radius 2 is 1.82 bits per heavy atom. The molecule has 9 nitrogen and oxygen atoms in total. The third-order valence-corrected chi connectivity index (χ3v) is 6.57. The van der Waals surface area contributed by atoms with Gasteiger partial charge in [-0.1, -0.05) is 31.5 Å². The van der Waals surface area contributed by atoms with Gasteiger partial charge in [-0.2, -0.15) is 9.82 Å². The van der Waals surface area contributed by atoms with E-state index >= 15 is 0 Å². The Morgan fingerprint density at radius 1 is 1.18 bits per heavy atom. The van der Waals surface area contributed by atoms with Crippen LogP contribution in [0.5, 0.6) is 11.5 Å². The summed E-state index contributed by atoms with van der Waals surface area (Å²) in [5, 5.41) is 3.95. The highest BCUT2D eigenvalue weighted by Gasteiger charge is 2.28. The van der Waals surface area contributed by atoms with Crippen molar-refractivity contribution in [3.63, 3.8) is 0 Å². The average molecular weight is 554 g/mol. The van der Waals surface area contributed by atoms with Crippen molar-refractivity contribution in [2.75, 3.05) is 6.61 Å². The highest BCUT2D eigenvalue weighted by Crippen LogP contribution is 2.36. The topological polar surface area (TPSA) is 123 Å². The predicted molar refractivity (Wildman–Crippen MR) is 132 cm³/mol. The molecule has 0 aliphatic carbocycles. The molecule has 0 spiro atoms. The minimum Gasteiger partial charge on any atom is -0.490 e. The van der Waals surface area contributed by atoms with Crippen LogP contribution in [0.2, 0.25) is 0 Å². The summed E-state index contributed by atoms with van der Waals surface area (Å²) < 4.78 is 39.1. The molecule has 0 heterocycles. The fraction of sp³-hybridized carbons (Fsp3) is 0.348. The predicted octanol–water partition coefficient (Wildman–Crippen LogP) is 3.53. The Balaban J connectivity index is 2.17. The van der Waals surface area contributed by atoms with Gasteiger partial charge < -0.3 is 9.47 Å². The molecule has 0 radical (unpaired) electrons. The van der Waals surface area contributed by atoms with E-state index in [1.807, 2.05) is 6.92 Å². The molecule has 2 rings (SSSR count). The Kier molecular flexibility index (Phi) is 9.77. The number of rotatable bonds is 10. The van der Waals surface area contributed by atoms with Gasteiger partial charge in [0.1, 0.15) is 6.04 Å². The van der Waals surface area contributed by atoms with Crippen molar-refractivity contribution in [2.45, 2.75) is 45.6 Å². The van der Waals surface area contributed by atoms with E-state index in [0.29, 0.717) is 22.4 Å². The molecule has 0 aliphatic rings. The van der Waals surface area contributed by atoms with Crippen LogP contribution in [0.3, 0.4) is 0 Å². The summed E-state index contributed by atoms with van der Waals surface area (Å²) in [5.41, 5.74) is 3.85. The highest BCUT2D eigenvalue weighted by atomic mass is 79.9. The van der Waals surface area contributed by atoms with Gasteiger partial charge in [-0.3, -0.25) is 9.59 Å². The number of sulfonamides is 1. The molecule has 2 N–H and O–H groups in total. The van der Waals surface area contributed by atoms with Crippen LogP contribution in [0, 0.1) is 12.8 Å². The minimum absolute atomic E-state index is 0.0706. The standard InChI is InChI=1S/C23H28BrN3O6S/c1-6-32-20-12-17(11-19(24)22(20)33-16(5)28)13-25-26-23(29)21(14(2)3)27-34(30,31)18-9-7-15(4)8-10-18/h7-14,21,27H,6H2,1-5H3,(H,26,29)/b25-13-/t21-/m0/s1. The summed E-state index contributed by atoms with van der Waals surface area (Å²) in [4.78, 5) is 24.1. The van der Waals surface area contributed by atoms with Crippen LogP contribution in [-0.2, 0) is 19.6 Å². The molecule has 1 atom stereocenters. The Morgan fingerprint density at radius 3 is 2.38 bits per heavy atom. The highest BCUT2D eigenvalue weighted by molar-refractivity contribution is 9.10. The zero-order chi connectivity index (χ0) is 25.5. The van der Waals surface area contributed by atoms with E-state index in [-0.39, 0.29) is 16.6 Å². The molecule has 0 saturated heterocycles. The number of halogens is 1. The maximum Gasteiger partial charge on any atom is 0.308 e. The van der Waals surface area contributed by atoms with Crippen molar-refractivity contribution in [1.82, 2.24) is 10.1 Å². The first-order chi connectivity index (χ1) is 15.9. The van der Waals surface area contributed by atoms with Gasteiger partial charge in [-0.25, -0.2) is 13.8 Å². The van der Waals surface area contributed by atoms with E-state index < -0.39 is 27.9 Å². The second kappa shape index (κ2) is 12.1. The maximum absolute atomic E-state index is 12.7. The summed E-state index contributed by atoms with van der Waals surface area (Å²) in [6.07, 6.45) is 1.37. The van der Waals surface area contributed by atoms with Gasteiger partial charge in [0.05, 0.1) is 22.2 Å². The SMILES string of the molecule is CCOc1cc(/C=N\NC(=O)[C@@H](NS(=O)(=O)c2ccc(C)cc2)C(C)C)cc(Br)c1OC(C)=O. The van der Waals surface area contributed by atoms with E-state index in [0.717, 1.165) is 5.56 Å². The number of carbonyl (C=O) groups is 2. The van der Waals surface area contributed by atoms with Crippen molar-refractivity contribution in [2.24, 2.45) is 11.0 Å². The molecule has 1 amide bonds. The van der Waals surface area contributed by atoms with Crippen molar-refractivity contribution in [3.8, 4) is 11.5 Å². The first-order valence-electron chi connectivity index (χ1n) is 10.5. The number of aryl methyl sites for hydroxylation is 1. The lowest BCUT2D eigenvalue weighted by Gasteiger charge is -2.20. The molecule has 34 heavy (non-hydrogen) atoms. The molecule has 0 saturated carbocycles. The molecule has 0 aliphatic heterocycles. The van der Waals surface area contributed by atoms with Gasteiger partial charge in [-0.05, 0) is 65.5 Å². The van der Waals surface area contributed by atoms with E-state index in [1.165, 1.54) is 25.3 Å². The molecule has 11 heteroatoms. The molecule has 0 fully saturated rings. The Bertz CT molecular complexity index is 1160. The first-order valence-corrected chi connectivity index (χ1v) is 12.8. The Labute approximate surface area is 208 Å². The Hall–Kier alpha value is -2.76. The van der Waals surface area contributed by atoms with E-state index in [9.17, 15) is 18.0 Å². The average Bonchev–Trinajstić information content (AvgIpc) is 2.74. The number of amides is 1. The van der Waals surface area contributed by atoms with Crippen LogP contribution in [0.1, 0.15) is 38.8 Å². The first kappa shape index (κ1) is 27.5. The van der Waals surface area contributed by atoms with E-state index in [1.54, 1.807) is 45.0 Å². The van der Waals surface area contributed by atoms with Crippen molar-refractivity contribution in [1.29, 1.82) is 0 Å². The maximum atomic E-state index is 12.7. The fourth-order valence-corrected chi connectivity index (χ4v) is 4.74. The second-order valence-electron chi connectivity index (χ2n) is 7.75. The van der Waals surface area contributed by atoms with Crippen LogP contribution in [0.4, 0.5) is 0 Å². The number of hydrogen-bond acceptors (Lipinski definition) is 7. The molecule has 0 bridgehead atoms. The number of benzene rings is 2. The quantitative estimate of drug-likeness (QED) is 0.201. The molecule has 0 unspecified atom stereocenters. The lowest BCUT2D eigenvalue weighted by Crippen LogP contribution is -2.48. The molecule has 2 aromatic rings. The van der Waals surface area contributed by atoms with Gasteiger partial charge in [-0.15, -0.1) is 0 Å². The molecule has 0 aromatic heterocycles. The minimum atomic E-state index is -3.90. The number of nitrogens with one attached hydrogen (secondary N) is 2. The third-order valence-electron chi connectivity index (χ3n) is 4.53. The van der Waals surface area contributed by atoms with Crippen LogP contribution < -0.4 is 19.6 Å².